The molecule has 0 saturated carbocycles. The minimum absolute atomic E-state index is 0.0514. The van der Waals surface area contributed by atoms with E-state index in [0.717, 1.165) is 11.1 Å². The summed E-state index contributed by atoms with van der Waals surface area (Å²) in [5.41, 5.74) is 1.87. The molecule has 23 heavy (non-hydrogen) atoms. The quantitative estimate of drug-likeness (QED) is 0.749. The molecular formula is C18H18N2O3. The van der Waals surface area contributed by atoms with Gasteiger partial charge in [-0.1, -0.05) is 30.3 Å². The van der Waals surface area contributed by atoms with Crippen molar-refractivity contribution in [3.63, 3.8) is 0 Å². The lowest BCUT2D eigenvalue weighted by Gasteiger charge is -2.16. The molecule has 1 aromatic carbocycles. The highest BCUT2D eigenvalue weighted by atomic mass is 16.5. The largest absolute Gasteiger partial charge is 0.505 e. The molecular weight excluding hydrogens is 292 g/mol. The Hall–Kier alpha value is -2.82. The van der Waals surface area contributed by atoms with Crippen molar-refractivity contribution < 1.29 is 14.6 Å². The number of nitrogens with zero attached hydrogens (tertiary/aromatic N) is 2. The van der Waals surface area contributed by atoms with Crippen LogP contribution in [0, 0.1) is 0 Å². The van der Waals surface area contributed by atoms with Crippen LogP contribution in [0.4, 0.5) is 0 Å². The maximum atomic E-state index is 11.8. The molecule has 0 aliphatic heterocycles. The fraction of sp³-hybridized carbons (Fsp3) is 0.222. The molecule has 0 amide bonds. The first-order valence-electron chi connectivity index (χ1n) is 7.54. The molecule has 1 N–H and O–H groups in total. The van der Waals surface area contributed by atoms with Crippen LogP contribution in [0.15, 0.2) is 48.8 Å². The number of fused-ring (bicyclic) bond motifs is 1. The summed E-state index contributed by atoms with van der Waals surface area (Å²) in [5.74, 6) is -0.754. The number of aromatic hydroxyl groups is 1. The van der Waals surface area contributed by atoms with E-state index < -0.39 is 5.97 Å². The maximum absolute atomic E-state index is 11.8. The third-order valence-electron chi connectivity index (χ3n) is 3.92. The van der Waals surface area contributed by atoms with Crippen molar-refractivity contribution in [3.05, 3.63) is 60.0 Å². The minimum atomic E-state index is -0.615. The first kappa shape index (κ1) is 15.1. The number of aromatic nitrogens is 2. The molecule has 0 radical (unpaired) electrons. The Labute approximate surface area is 134 Å². The van der Waals surface area contributed by atoms with Crippen molar-refractivity contribution in [2.75, 3.05) is 6.61 Å². The summed E-state index contributed by atoms with van der Waals surface area (Å²) in [4.78, 5) is 15.9. The van der Waals surface area contributed by atoms with Gasteiger partial charge in [0.15, 0.2) is 11.4 Å². The number of ether oxygens (including phenoxy) is 1. The molecule has 2 aromatic heterocycles. The molecule has 0 spiro atoms. The summed E-state index contributed by atoms with van der Waals surface area (Å²) in [6, 6.07) is 11.9. The molecule has 3 aromatic rings. The van der Waals surface area contributed by atoms with Crippen LogP contribution >= 0.6 is 0 Å². The number of esters is 1. The van der Waals surface area contributed by atoms with E-state index in [1.807, 2.05) is 29.0 Å². The van der Waals surface area contributed by atoms with Gasteiger partial charge in [0.05, 0.1) is 24.4 Å². The van der Waals surface area contributed by atoms with Gasteiger partial charge in [-0.25, -0.2) is 9.78 Å². The van der Waals surface area contributed by atoms with E-state index in [1.54, 1.807) is 19.2 Å². The van der Waals surface area contributed by atoms with Crippen LogP contribution in [0.1, 0.15) is 35.9 Å². The standard InChI is InChI=1S/C18H18N2O3/c1-3-23-18(22)16-17(21)14-9-10-20(15(14)11-19-16)12(2)13-7-5-4-6-8-13/h4-12,21H,3H2,1-2H3. The third-order valence-corrected chi connectivity index (χ3v) is 3.92. The second-order valence-electron chi connectivity index (χ2n) is 5.28. The number of carbonyl (C=O) groups is 1. The van der Waals surface area contributed by atoms with Crippen molar-refractivity contribution >= 4 is 16.9 Å². The number of benzene rings is 1. The predicted octanol–water partition coefficient (Wildman–Crippen LogP) is 3.53. The number of hydrogen-bond donors (Lipinski definition) is 1. The molecule has 0 saturated heterocycles. The third kappa shape index (κ3) is 2.65. The molecule has 0 fully saturated rings. The Kier molecular flexibility index (Phi) is 4.02. The predicted molar refractivity (Wildman–Crippen MR) is 87.6 cm³/mol. The highest BCUT2D eigenvalue weighted by Crippen LogP contribution is 2.31. The highest BCUT2D eigenvalue weighted by molar-refractivity contribution is 5.98. The average molecular weight is 310 g/mol. The van der Waals surface area contributed by atoms with E-state index in [1.165, 1.54) is 0 Å². The molecule has 2 heterocycles. The Morgan fingerprint density at radius 3 is 2.74 bits per heavy atom. The van der Waals surface area contributed by atoms with Gasteiger partial charge in [-0.2, -0.15) is 0 Å². The molecule has 5 heteroatoms. The average Bonchev–Trinajstić information content (AvgIpc) is 3.00. The first-order valence-corrected chi connectivity index (χ1v) is 7.54. The Morgan fingerprint density at radius 1 is 1.30 bits per heavy atom. The maximum Gasteiger partial charge on any atom is 0.360 e. The van der Waals surface area contributed by atoms with Gasteiger partial charge in [0.2, 0.25) is 0 Å². The topological polar surface area (TPSA) is 64.3 Å². The Morgan fingerprint density at radius 2 is 2.04 bits per heavy atom. The number of carbonyl (C=O) groups excluding carboxylic acids is 1. The summed E-state index contributed by atoms with van der Waals surface area (Å²) < 4.78 is 6.93. The molecule has 0 bridgehead atoms. The van der Waals surface area contributed by atoms with Gasteiger partial charge in [0.25, 0.3) is 0 Å². The Balaban J connectivity index is 2.05. The normalized spacial score (nSPS) is 12.3. The van der Waals surface area contributed by atoms with Crippen molar-refractivity contribution in [3.8, 4) is 5.75 Å². The van der Waals surface area contributed by atoms with Gasteiger partial charge >= 0.3 is 5.97 Å². The SMILES string of the molecule is CCOC(=O)c1ncc2c(ccn2C(C)c2ccccc2)c1O. The molecule has 1 atom stereocenters. The van der Waals surface area contributed by atoms with Gasteiger partial charge in [-0.15, -0.1) is 0 Å². The Bertz CT molecular complexity index is 840. The summed E-state index contributed by atoms with van der Waals surface area (Å²) in [6.45, 7) is 4.03. The zero-order valence-electron chi connectivity index (χ0n) is 13.1. The number of pyridine rings is 1. The van der Waals surface area contributed by atoms with Gasteiger partial charge in [-0.3, -0.25) is 0 Å². The van der Waals surface area contributed by atoms with Crippen molar-refractivity contribution in [1.82, 2.24) is 9.55 Å². The van der Waals surface area contributed by atoms with Gasteiger partial charge in [0, 0.05) is 11.6 Å². The van der Waals surface area contributed by atoms with E-state index in [-0.39, 0.29) is 24.1 Å². The van der Waals surface area contributed by atoms with Crippen molar-refractivity contribution in [1.29, 1.82) is 0 Å². The van der Waals surface area contributed by atoms with Crippen LogP contribution in [-0.4, -0.2) is 27.2 Å². The summed E-state index contributed by atoms with van der Waals surface area (Å²) >= 11 is 0. The second-order valence-corrected chi connectivity index (χ2v) is 5.28. The van der Waals surface area contributed by atoms with E-state index >= 15 is 0 Å². The minimum Gasteiger partial charge on any atom is -0.505 e. The summed E-state index contributed by atoms with van der Waals surface area (Å²) in [7, 11) is 0. The van der Waals surface area contributed by atoms with Crippen LogP contribution in [0.25, 0.3) is 10.9 Å². The molecule has 3 rings (SSSR count). The van der Waals surface area contributed by atoms with Gasteiger partial charge < -0.3 is 14.4 Å². The zero-order chi connectivity index (χ0) is 16.4. The van der Waals surface area contributed by atoms with Crippen LogP contribution in [0.3, 0.4) is 0 Å². The molecule has 118 valence electrons. The van der Waals surface area contributed by atoms with Crippen LogP contribution in [0.2, 0.25) is 0 Å². The zero-order valence-corrected chi connectivity index (χ0v) is 13.1. The van der Waals surface area contributed by atoms with Crippen LogP contribution in [-0.2, 0) is 4.74 Å². The number of hydrogen-bond acceptors (Lipinski definition) is 4. The van der Waals surface area contributed by atoms with E-state index in [4.69, 9.17) is 4.74 Å². The van der Waals surface area contributed by atoms with Crippen LogP contribution in [0.5, 0.6) is 5.75 Å². The smallest absolute Gasteiger partial charge is 0.360 e. The first-order chi connectivity index (χ1) is 11.1. The van der Waals surface area contributed by atoms with Crippen molar-refractivity contribution in [2.24, 2.45) is 0 Å². The lowest BCUT2D eigenvalue weighted by molar-refractivity contribution is 0.0516. The molecule has 5 nitrogen and oxygen atoms in total. The fourth-order valence-corrected chi connectivity index (χ4v) is 2.69. The van der Waals surface area contributed by atoms with Gasteiger partial charge in [0.1, 0.15) is 0 Å². The number of rotatable bonds is 4. The molecule has 0 aliphatic rings. The monoisotopic (exact) mass is 310 g/mol. The lowest BCUT2D eigenvalue weighted by Crippen LogP contribution is -2.08. The second kappa shape index (κ2) is 6.12. The summed E-state index contributed by atoms with van der Waals surface area (Å²) in [6.07, 6.45) is 3.49. The van der Waals surface area contributed by atoms with Crippen LogP contribution < -0.4 is 0 Å². The summed E-state index contributed by atoms with van der Waals surface area (Å²) in [5, 5.41) is 10.9. The van der Waals surface area contributed by atoms with E-state index in [2.05, 4.69) is 24.0 Å². The highest BCUT2D eigenvalue weighted by Gasteiger charge is 2.19. The fourth-order valence-electron chi connectivity index (χ4n) is 2.69. The van der Waals surface area contributed by atoms with E-state index in [0.29, 0.717) is 5.39 Å². The van der Waals surface area contributed by atoms with E-state index in [9.17, 15) is 9.90 Å². The lowest BCUT2D eigenvalue weighted by atomic mass is 10.1. The molecule has 1 unspecified atom stereocenters. The van der Waals surface area contributed by atoms with Gasteiger partial charge in [-0.05, 0) is 25.5 Å². The van der Waals surface area contributed by atoms with Crippen molar-refractivity contribution in [2.45, 2.75) is 19.9 Å². The molecule has 0 aliphatic carbocycles.